The maximum absolute atomic E-state index is 12.1. The lowest BCUT2D eigenvalue weighted by Crippen LogP contribution is -2.43. The van der Waals surface area contributed by atoms with Crippen LogP contribution < -0.4 is 0 Å². The number of carboxylic acids is 1. The molecule has 0 radical (unpaired) electrons. The van der Waals surface area contributed by atoms with Crippen molar-refractivity contribution < 1.29 is 14.7 Å². The van der Waals surface area contributed by atoms with Crippen LogP contribution in [0, 0.1) is 0 Å². The first-order valence-electron chi connectivity index (χ1n) is 5.11. The van der Waals surface area contributed by atoms with Gasteiger partial charge in [-0.25, -0.2) is 4.79 Å². The molecule has 94 valence electrons. The molecular formula is C10H14ClN3O3. The van der Waals surface area contributed by atoms with Crippen molar-refractivity contribution in [2.45, 2.75) is 19.9 Å². The molecule has 0 aliphatic heterocycles. The van der Waals surface area contributed by atoms with Gasteiger partial charge in [-0.05, 0) is 13.8 Å². The van der Waals surface area contributed by atoms with Crippen LogP contribution in [-0.4, -0.2) is 44.3 Å². The summed E-state index contributed by atoms with van der Waals surface area (Å²) in [5.41, 5.74) is 0.196. The van der Waals surface area contributed by atoms with Crippen molar-refractivity contribution in [2.75, 3.05) is 6.54 Å². The fraction of sp³-hybridized carbons (Fsp3) is 0.500. The van der Waals surface area contributed by atoms with Crippen molar-refractivity contribution in [1.82, 2.24) is 14.7 Å². The fourth-order valence-corrected chi connectivity index (χ4v) is 1.76. The standard InChI is InChI=1S/C10H14ClN3O3/c1-4-14(6(2)10(16)17)9(15)8-7(11)5-12-13(8)3/h5-6H,4H2,1-3H3,(H,16,17). The van der Waals surface area contributed by atoms with Crippen molar-refractivity contribution >= 4 is 23.5 Å². The lowest BCUT2D eigenvalue weighted by molar-refractivity contribution is -0.141. The first-order valence-corrected chi connectivity index (χ1v) is 5.49. The smallest absolute Gasteiger partial charge is 0.326 e. The second-order valence-electron chi connectivity index (χ2n) is 3.57. The quantitative estimate of drug-likeness (QED) is 0.876. The maximum Gasteiger partial charge on any atom is 0.326 e. The molecule has 0 aliphatic carbocycles. The molecule has 17 heavy (non-hydrogen) atoms. The number of aromatic nitrogens is 2. The predicted molar refractivity (Wildman–Crippen MR) is 62.0 cm³/mol. The van der Waals surface area contributed by atoms with E-state index in [1.54, 1.807) is 14.0 Å². The van der Waals surface area contributed by atoms with Crippen molar-refractivity contribution in [3.05, 3.63) is 16.9 Å². The molecule has 1 unspecified atom stereocenters. The van der Waals surface area contributed by atoms with E-state index in [4.69, 9.17) is 16.7 Å². The SMILES string of the molecule is CCN(C(=O)c1c(Cl)cnn1C)C(C)C(=O)O. The van der Waals surface area contributed by atoms with Gasteiger partial charge in [-0.3, -0.25) is 9.48 Å². The van der Waals surface area contributed by atoms with E-state index >= 15 is 0 Å². The number of hydrogen-bond donors (Lipinski definition) is 1. The van der Waals surface area contributed by atoms with Gasteiger partial charge >= 0.3 is 5.97 Å². The summed E-state index contributed by atoms with van der Waals surface area (Å²) >= 11 is 5.85. The Labute approximate surface area is 104 Å². The van der Waals surface area contributed by atoms with Crippen molar-refractivity contribution in [1.29, 1.82) is 0 Å². The van der Waals surface area contributed by atoms with E-state index in [1.165, 1.54) is 22.7 Å². The van der Waals surface area contributed by atoms with Crippen LogP contribution in [0.2, 0.25) is 5.02 Å². The van der Waals surface area contributed by atoms with Crippen LogP contribution in [0.1, 0.15) is 24.3 Å². The largest absolute Gasteiger partial charge is 0.480 e. The number of likely N-dealkylation sites (N-methyl/N-ethyl adjacent to an activating group) is 1. The Bertz CT molecular complexity index is 425. The average molecular weight is 260 g/mol. The Hall–Kier alpha value is -1.56. The Morgan fingerprint density at radius 1 is 1.65 bits per heavy atom. The number of halogens is 1. The molecule has 0 aromatic carbocycles. The summed E-state index contributed by atoms with van der Waals surface area (Å²) in [6, 6.07) is -0.904. The average Bonchev–Trinajstić information content (AvgIpc) is 2.59. The highest BCUT2D eigenvalue weighted by Crippen LogP contribution is 2.17. The molecule has 0 bridgehead atoms. The van der Waals surface area contributed by atoms with Gasteiger partial charge in [0.2, 0.25) is 0 Å². The molecule has 0 fully saturated rings. The molecule has 1 heterocycles. The number of rotatable bonds is 4. The molecule has 1 amide bonds. The molecule has 1 rings (SSSR count). The van der Waals surface area contributed by atoms with Crippen LogP contribution in [-0.2, 0) is 11.8 Å². The maximum atomic E-state index is 12.1. The third kappa shape index (κ3) is 2.58. The highest BCUT2D eigenvalue weighted by atomic mass is 35.5. The zero-order valence-electron chi connectivity index (χ0n) is 9.85. The van der Waals surface area contributed by atoms with Gasteiger partial charge in [0.05, 0.1) is 11.2 Å². The van der Waals surface area contributed by atoms with Gasteiger partial charge in [-0.1, -0.05) is 11.6 Å². The molecule has 6 nitrogen and oxygen atoms in total. The predicted octanol–water partition coefficient (Wildman–Crippen LogP) is 1.01. The number of aryl methyl sites for hydroxylation is 1. The van der Waals surface area contributed by atoms with Crippen molar-refractivity contribution in [2.24, 2.45) is 7.05 Å². The molecule has 0 aliphatic rings. The van der Waals surface area contributed by atoms with E-state index < -0.39 is 17.9 Å². The van der Waals surface area contributed by atoms with Crippen LogP contribution in [0.5, 0.6) is 0 Å². The van der Waals surface area contributed by atoms with Crippen LogP contribution in [0.25, 0.3) is 0 Å². The number of aliphatic carboxylic acids is 1. The van der Waals surface area contributed by atoms with Gasteiger partial charge in [0.15, 0.2) is 0 Å². The zero-order valence-corrected chi connectivity index (χ0v) is 10.6. The molecular weight excluding hydrogens is 246 g/mol. The summed E-state index contributed by atoms with van der Waals surface area (Å²) in [4.78, 5) is 24.3. The van der Waals surface area contributed by atoms with E-state index in [0.717, 1.165) is 0 Å². The van der Waals surface area contributed by atoms with E-state index in [-0.39, 0.29) is 17.3 Å². The Kier molecular flexibility index (Phi) is 4.11. The zero-order chi connectivity index (χ0) is 13.2. The Morgan fingerprint density at radius 2 is 2.24 bits per heavy atom. The lowest BCUT2D eigenvalue weighted by atomic mass is 10.2. The molecule has 0 spiro atoms. The lowest BCUT2D eigenvalue weighted by Gasteiger charge is -2.24. The molecule has 1 aromatic heterocycles. The first kappa shape index (κ1) is 13.5. The summed E-state index contributed by atoms with van der Waals surface area (Å²) in [5, 5.41) is 13.0. The van der Waals surface area contributed by atoms with E-state index in [2.05, 4.69) is 5.10 Å². The minimum Gasteiger partial charge on any atom is -0.480 e. The highest BCUT2D eigenvalue weighted by Gasteiger charge is 2.28. The van der Waals surface area contributed by atoms with E-state index in [0.29, 0.717) is 0 Å². The summed E-state index contributed by atoms with van der Waals surface area (Å²) in [6.45, 7) is 3.45. The van der Waals surface area contributed by atoms with Crippen molar-refractivity contribution in [3.8, 4) is 0 Å². The molecule has 0 saturated heterocycles. The Morgan fingerprint density at radius 3 is 2.59 bits per heavy atom. The second kappa shape index (κ2) is 5.18. The molecule has 1 N–H and O–H groups in total. The number of amides is 1. The number of carboxylic acid groups (broad SMARTS) is 1. The topological polar surface area (TPSA) is 75.4 Å². The van der Waals surface area contributed by atoms with Gasteiger partial charge < -0.3 is 10.0 Å². The molecule has 1 aromatic rings. The van der Waals surface area contributed by atoms with Crippen LogP contribution >= 0.6 is 11.6 Å². The normalized spacial score (nSPS) is 12.2. The van der Waals surface area contributed by atoms with Crippen LogP contribution in [0.15, 0.2) is 6.20 Å². The van der Waals surface area contributed by atoms with Gasteiger partial charge in [-0.15, -0.1) is 0 Å². The van der Waals surface area contributed by atoms with Gasteiger partial charge in [0, 0.05) is 13.6 Å². The highest BCUT2D eigenvalue weighted by molar-refractivity contribution is 6.33. The molecule has 1 atom stereocenters. The van der Waals surface area contributed by atoms with Crippen LogP contribution in [0.4, 0.5) is 0 Å². The number of carbonyl (C=O) groups excluding carboxylic acids is 1. The molecule has 7 heteroatoms. The third-order valence-corrected chi connectivity index (χ3v) is 2.80. The van der Waals surface area contributed by atoms with E-state index in [1.807, 2.05) is 0 Å². The minimum absolute atomic E-state index is 0.196. The first-order chi connectivity index (χ1) is 7.90. The number of hydrogen-bond acceptors (Lipinski definition) is 3. The third-order valence-electron chi connectivity index (χ3n) is 2.52. The monoisotopic (exact) mass is 259 g/mol. The summed E-state index contributed by atoms with van der Waals surface area (Å²) in [7, 11) is 1.58. The summed E-state index contributed by atoms with van der Waals surface area (Å²) in [5.74, 6) is -1.49. The number of carbonyl (C=O) groups is 2. The van der Waals surface area contributed by atoms with Gasteiger partial charge in [0.25, 0.3) is 5.91 Å². The fourth-order valence-electron chi connectivity index (χ4n) is 1.51. The van der Waals surface area contributed by atoms with Gasteiger partial charge in [0.1, 0.15) is 11.7 Å². The second-order valence-corrected chi connectivity index (χ2v) is 3.98. The number of nitrogens with zero attached hydrogens (tertiary/aromatic N) is 3. The van der Waals surface area contributed by atoms with E-state index in [9.17, 15) is 9.59 Å². The van der Waals surface area contributed by atoms with Gasteiger partial charge in [-0.2, -0.15) is 5.10 Å². The summed E-state index contributed by atoms with van der Waals surface area (Å²) in [6.07, 6.45) is 1.36. The van der Waals surface area contributed by atoms with Crippen molar-refractivity contribution in [3.63, 3.8) is 0 Å². The summed E-state index contributed by atoms with van der Waals surface area (Å²) < 4.78 is 1.34. The molecule has 0 saturated carbocycles. The van der Waals surface area contributed by atoms with Crippen LogP contribution in [0.3, 0.4) is 0 Å². The Balaban J connectivity index is 3.06. The minimum atomic E-state index is -1.06.